The second kappa shape index (κ2) is 7.53. The zero-order valence-corrected chi connectivity index (χ0v) is 14.7. The number of amides is 1. The zero-order valence-electron chi connectivity index (χ0n) is 14.7. The number of hydrogen-bond acceptors (Lipinski definition) is 4. The van der Waals surface area contributed by atoms with E-state index >= 15 is 0 Å². The van der Waals surface area contributed by atoms with Gasteiger partial charge in [0.05, 0.1) is 12.4 Å². The summed E-state index contributed by atoms with van der Waals surface area (Å²) in [7, 11) is 0. The molecule has 1 aliphatic rings. The van der Waals surface area contributed by atoms with Gasteiger partial charge in [0.15, 0.2) is 0 Å². The van der Waals surface area contributed by atoms with Gasteiger partial charge in [-0.2, -0.15) is 0 Å². The zero-order chi connectivity index (χ0) is 18.6. The maximum absolute atomic E-state index is 12.9. The summed E-state index contributed by atoms with van der Waals surface area (Å²) in [5, 5.41) is 2.77. The van der Waals surface area contributed by atoms with E-state index < -0.39 is 0 Å². The Morgan fingerprint density at radius 3 is 2.56 bits per heavy atom. The molecule has 0 saturated heterocycles. The molecule has 0 spiro atoms. The van der Waals surface area contributed by atoms with Crippen molar-refractivity contribution in [2.75, 3.05) is 11.4 Å². The molecule has 0 saturated carbocycles. The lowest BCUT2D eigenvalue weighted by atomic mass is 10.0. The number of fused-ring (bicyclic) bond motifs is 1. The smallest absolute Gasteiger partial charge is 0.271 e. The van der Waals surface area contributed by atoms with Gasteiger partial charge in [0.25, 0.3) is 5.91 Å². The van der Waals surface area contributed by atoms with E-state index in [1.165, 1.54) is 29.5 Å². The summed E-state index contributed by atoms with van der Waals surface area (Å²) in [6.45, 7) is 1.98. The molecule has 4 rings (SSSR count). The molecule has 0 fully saturated rings. The predicted molar refractivity (Wildman–Crippen MR) is 101 cm³/mol. The first-order valence-electron chi connectivity index (χ1n) is 8.85. The van der Waals surface area contributed by atoms with Crippen LogP contribution in [0.1, 0.15) is 27.2 Å². The van der Waals surface area contributed by atoms with Crippen molar-refractivity contribution in [3.8, 4) is 0 Å². The fourth-order valence-electron chi connectivity index (χ4n) is 3.17. The van der Waals surface area contributed by atoms with Gasteiger partial charge in [-0.05, 0) is 35.2 Å². The first-order chi connectivity index (χ1) is 13.2. The minimum Gasteiger partial charge on any atom is -0.351 e. The van der Waals surface area contributed by atoms with Crippen LogP contribution in [0.25, 0.3) is 0 Å². The van der Waals surface area contributed by atoms with Gasteiger partial charge < -0.3 is 10.2 Å². The normalized spacial score (nSPS) is 13.1. The molecule has 136 valence electrons. The largest absolute Gasteiger partial charge is 0.351 e. The molecule has 1 aromatic heterocycles. The SMILES string of the molecule is O=C(NCc1ccc(F)cc1)c1cnc(N2CCc3ccccc3C2)cn1. The molecule has 0 bridgehead atoms. The molecule has 0 radical (unpaired) electrons. The molecule has 1 aliphatic heterocycles. The van der Waals surface area contributed by atoms with Crippen LogP contribution in [0.4, 0.5) is 10.2 Å². The minimum absolute atomic E-state index is 0.262. The van der Waals surface area contributed by atoms with Crippen molar-refractivity contribution in [1.29, 1.82) is 0 Å². The summed E-state index contributed by atoms with van der Waals surface area (Å²) in [6.07, 6.45) is 4.11. The molecule has 1 N–H and O–H groups in total. The Balaban J connectivity index is 1.38. The summed E-state index contributed by atoms with van der Waals surface area (Å²) in [4.78, 5) is 23.1. The van der Waals surface area contributed by atoms with Crippen LogP contribution in [0.3, 0.4) is 0 Å². The van der Waals surface area contributed by atoms with Crippen molar-refractivity contribution >= 4 is 11.7 Å². The predicted octanol–water partition coefficient (Wildman–Crippen LogP) is 3.11. The summed E-state index contributed by atoms with van der Waals surface area (Å²) in [5.41, 5.74) is 3.75. The van der Waals surface area contributed by atoms with Crippen molar-refractivity contribution in [1.82, 2.24) is 15.3 Å². The number of nitrogens with one attached hydrogen (secondary N) is 1. The van der Waals surface area contributed by atoms with Gasteiger partial charge in [-0.25, -0.2) is 14.4 Å². The number of aromatic nitrogens is 2. The van der Waals surface area contributed by atoms with Gasteiger partial charge in [0.1, 0.15) is 17.3 Å². The number of rotatable bonds is 4. The number of halogens is 1. The van der Waals surface area contributed by atoms with Gasteiger partial charge in [-0.3, -0.25) is 4.79 Å². The number of carbonyl (C=O) groups is 1. The third-order valence-electron chi connectivity index (χ3n) is 4.69. The molecule has 0 atom stereocenters. The van der Waals surface area contributed by atoms with Crippen molar-refractivity contribution in [3.63, 3.8) is 0 Å². The molecule has 27 heavy (non-hydrogen) atoms. The maximum Gasteiger partial charge on any atom is 0.271 e. The first-order valence-corrected chi connectivity index (χ1v) is 8.85. The Morgan fingerprint density at radius 1 is 1.04 bits per heavy atom. The molecule has 5 nitrogen and oxygen atoms in total. The van der Waals surface area contributed by atoms with E-state index in [-0.39, 0.29) is 17.4 Å². The first kappa shape index (κ1) is 17.1. The number of carbonyl (C=O) groups excluding carboxylic acids is 1. The lowest BCUT2D eigenvalue weighted by molar-refractivity contribution is 0.0945. The number of anilines is 1. The van der Waals surface area contributed by atoms with Crippen molar-refractivity contribution in [2.45, 2.75) is 19.5 Å². The number of hydrogen-bond donors (Lipinski definition) is 1. The monoisotopic (exact) mass is 362 g/mol. The molecule has 1 amide bonds. The lowest BCUT2D eigenvalue weighted by Crippen LogP contribution is -2.31. The van der Waals surface area contributed by atoms with Gasteiger partial charge in [-0.15, -0.1) is 0 Å². The van der Waals surface area contributed by atoms with E-state index in [9.17, 15) is 9.18 Å². The van der Waals surface area contributed by atoms with E-state index in [1.807, 2.05) is 6.07 Å². The highest BCUT2D eigenvalue weighted by Gasteiger charge is 2.18. The summed E-state index contributed by atoms with van der Waals surface area (Å²) < 4.78 is 12.9. The Labute approximate surface area is 156 Å². The Hall–Kier alpha value is -3.28. The van der Waals surface area contributed by atoms with Crippen molar-refractivity contribution in [2.24, 2.45) is 0 Å². The van der Waals surface area contributed by atoms with Crippen molar-refractivity contribution in [3.05, 3.63) is 89.1 Å². The van der Waals surface area contributed by atoms with Crippen LogP contribution in [0.15, 0.2) is 60.9 Å². The molecule has 2 heterocycles. The highest BCUT2D eigenvalue weighted by Crippen LogP contribution is 2.22. The van der Waals surface area contributed by atoms with Gasteiger partial charge in [0, 0.05) is 19.6 Å². The second-order valence-electron chi connectivity index (χ2n) is 6.51. The molecule has 0 unspecified atom stereocenters. The van der Waals surface area contributed by atoms with Crippen LogP contribution in [0.5, 0.6) is 0 Å². The minimum atomic E-state index is -0.303. The van der Waals surface area contributed by atoms with E-state index in [4.69, 9.17) is 0 Å². The van der Waals surface area contributed by atoms with Gasteiger partial charge in [-0.1, -0.05) is 36.4 Å². The fourth-order valence-corrected chi connectivity index (χ4v) is 3.17. The summed E-state index contributed by atoms with van der Waals surface area (Å²) in [6, 6.07) is 14.4. The molecule has 6 heteroatoms. The molecule has 2 aromatic carbocycles. The average molecular weight is 362 g/mol. The Morgan fingerprint density at radius 2 is 1.81 bits per heavy atom. The topological polar surface area (TPSA) is 58.1 Å². The van der Waals surface area contributed by atoms with Gasteiger partial charge >= 0.3 is 0 Å². The Kier molecular flexibility index (Phi) is 4.78. The van der Waals surface area contributed by atoms with E-state index in [0.29, 0.717) is 6.54 Å². The molecule has 3 aromatic rings. The maximum atomic E-state index is 12.9. The van der Waals surface area contributed by atoms with Crippen LogP contribution in [0, 0.1) is 5.82 Å². The van der Waals surface area contributed by atoms with Crippen LogP contribution < -0.4 is 10.2 Å². The van der Waals surface area contributed by atoms with Crippen LogP contribution in [-0.2, 0) is 19.5 Å². The van der Waals surface area contributed by atoms with Crippen LogP contribution >= 0.6 is 0 Å². The Bertz CT molecular complexity index is 941. The van der Waals surface area contributed by atoms with E-state index in [2.05, 4.69) is 38.4 Å². The number of benzene rings is 2. The fraction of sp³-hybridized carbons (Fsp3) is 0.190. The van der Waals surface area contributed by atoms with E-state index in [1.54, 1.807) is 18.3 Å². The second-order valence-corrected chi connectivity index (χ2v) is 6.51. The summed E-state index contributed by atoms with van der Waals surface area (Å²) >= 11 is 0. The molecular formula is C21H19FN4O. The quantitative estimate of drug-likeness (QED) is 0.775. The van der Waals surface area contributed by atoms with Crippen molar-refractivity contribution < 1.29 is 9.18 Å². The highest BCUT2D eigenvalue weighted by atomic mass is 19.1. The van der Waals surface area contributed by atoms with Gasteiger partial charge in [0.2, 0.25) is 0 Å². The van der Waals surface area contributed by atoms with Crippen LogP contribution in [0.2, 0.25) is 0 Å². The molecular weight excluding hydrogens is 343 g/mol. The third kappa shape index (κ3) is 3.95. The standard InChI is InChI=1S/C21H19FN4O/c22-18-7-5-15(6-8-18)11-25-21(27)19-12-24-20(13-23-19)26-10-9-16-3-1-2-4-17(16)14-26/h1-8,12-13H,9-11,14H2,(H,25,27). The highest BCUT2D eigenvalue weighted by molar-refractivity contribution is 5.91. The number of nitrogens with zero attached hydrogens (tertiary/aromatic N) is 3. The molecule has 0 aliphatic carbocycles. The lowest BCUT2D eigenvalue weighted by Gasteiger charge is -2.29. The van der Waals surface area contributed by atoms with Crippen LogP contribution in [-0.4, -0.2) is 22.4 Å². The van der Waals surface area contributed by atoms with E-state index in [0.717, 1.165) is 30.9 Å². The third-order valence-corrected chi connectivity index (χ3v) is 4.69. The average Bonchev–Trinajstić information content (AvgIpc) is 2.73. The summed E-state index contributed by atoms with van der Waals surface area (Å²) in [5.74, 6) is 0.161.